The molecule has 104 valence electrons. The van der Waals surface area contributed by atoms with Gasteiger partial charge in [0, 0.05) is 12.0 Å². The van der Waals surface area contributed by atoms with Gasteiger partial charge in [-0.3, -0.25) is 4.79 Å². The van der Waals surface area contributed by atoms with Gasteiger partial charge in [0.2, 0.25) is 5.91 Å². The average Bonchev–Trinajstić information content (AvgIpc) is 2.34. The molecular weight excluding hydrogens is 246 g/mol. The van der Waals surface area contributed by atoms with Crippen molar-refractivity contribution in [3.63, 3.8) is 0 Å². The Labute approximate surface area is 112 Å². The van der Waals surface area contributed by atoms with E-state index in [4.69, 9.17) is 9.84 Å². The molecule has 0 aromatic heterocycles. The summed E-state index contributed by atoms with van der Waals surface area (Å²) in [6, 6.07) is 4.82. The Morgan fingerprint density at radius 3 is 2.42 bits per heavy atom. The van der Waals surface area contributed by atoms with Crippen molar-refractivity contribution in [3.8, 4) is 5.75 Å². The first-order valence-electron chi connectivity index (χ1n) is 5.94. The lowest BCUT2D eigenvalue weighted by Gasteiger charge is -2.17. The topological polar surface area (TPSA) is 75.6 Å². The molecule has 1 aromatic rings. The Bertz CT molecular complexity index is 489. The van der Waals surface area contributed by atoms with E-state index in [1.807, 2.05) is 20.8 Å². The second-order valence-corrected chi connectivity index (χ2v) is 5.27. The summed E-state index contributed by atoms with van der Waals surface area (Å²) in [5.41, 5.74) is 0.336. The van der Waals surface area contributed by atoms with Gasteiger partial charge in [-0.15, -0.1) is 0 Å². The minimum atomic E-state index is -1.05. The maximum atomic E-state index is 11.7. The summed E-state index contributed by atoms with van der Waals surface area (Å²) in [6.07, 6.45) is 0. The molecule has 2 N–H and O–H groups in total. The van der Waals surface area contributed by atoms with Crippen molar-refractivity contribution in [1.82, 2.24) is 5.32 Å². The molecule has 1 aromatic carbocycles. The molecule has 0 saturated heterocycles. The van der Waals surface area contributed by atoms with Crippen LogP contribution in [0.15, 0.2) is 18.2 Å². The number of hydrogen-bond acceptors (Lipinski definition) is 3. The lowest BCUT2D eigenvalue weighted by atomic mass is 9.95. The van der Waals surface area contributed by atoms with Crippen molar-refractivity contribution in [2.24, 2.45) is 5.41 Å². The molecule has 0 spiro atoms. The maximum Gasteiger partial charge on any atom is 0.339 e. The van der Waals surface area contributed by atoms with Crippen LogP contribution in [0.1, 0.15) is 36.7 Å². The van der Waals surface area contributed by atoms with Crippen molar-refractivity contribution < 1.29 is 19.4 Å². The number of carboxylic acid groups (broad SMARTS) is 1. The van der Waals surface area contributed by atoms with Gasteiger partial charge in [0.25, 0.3) is 0 Å². The second kappa shape index (κ2) is 5.73. The third-order valence-corrected chi connectivity index (χ3v) is 2.63. The van der Waals surface area contributed by atoms with Crippen molar-refractivity contribution >= 4 is 11.9 Å². The SMILES string of the molecule is COc1ccc(CNC(=O)C(C)(C)C)cc1C(=O)O. The van der Waals surface area contributed by atoms with Crippen molar-refractivity contribution in [2.45, 2.75) is 27.3 Å². The van der Waals surface area contributed by atoms with Gasteiger partial charge in [-0.25, -0.2) is 4.79 Å². The number of rotatable bonds is 4. The van der Waals surface area contributed by atoms with Crippen LogP contribution in [0.5, 0.6) is 5.75 Å². The Balaban J connectivity index is 2.84. The molecule has 5 nitrogen and oxygen atoms in total. The predicted molar refractivity (Wildman–Crippen MR) is 71.3 cm³/mol. The highest BCUT2D eigenvalue weighted by molar-refractivity contribution is 5.91. The molecule has 0 fully saturated rings. The van der Waals surface area contributed by atoms with Crippen molar-refractivity contribution in [2.75, 3.05) is 7.11 Å². The molecule has 0 radical (unpaired) electrons. The first-order valence-corrected chi connectivity index (χ1v) is 5.94. The number of carbonyl (C=O) groups is 2. The number of amides is 1. The summed E-state index contributed by atoms with van der Waals surface area (Å²) >= 11 is 0. The first-order chi connectivity index (χ1) is 8.75. The van der Waals surface area contributed by atoms with E-state index in [0.29, 0.717) is 12.3 Å². The predicted octanol–water partition coefficient (Wildman–Crippen LogP) is 2.06. The number of ether oxygens (including phenoxy) is 1. The second-order valence-electron chi connectivity index (χ2n) is 5.27. The van der Waals surface area contributed by atoms with Gasteiger partial charge in [-0.2, -0.15) is 0 Å². The largest absolute Gasteiger partial charge is 0.496 e. The minimum absolute atomic E-state index is 0.0832. The van der Waals surface area contributed by atoms with E-state index in [0.717, 1.165) is 5.56 Å². The van der Waals surface area contributed by atoms with Gasteiger partial charge in [-0.05, 0) is 17.7 Å². The van der Waals surface area contributed by atoms with E-state index in [1.54, 1.807) is 12.1 Å². The number of benzene rings is 1. The summed E-state index contributed by atoms with van der Waals surface area (Å²) in [4.78, 5) is 22.8. The third kappa shape index (κ3) is 3.98. The average molecular weight is 265 g/mol. The van der Waals surface area contributed by atoms with E-state index < -0.39 is 11.4 Å². The molecule has 0 aliphatic rings. The quantitative estimate of drug-likeness (QED) is 0.873. The summed E-state index contributed by atoms with van der Waals surface area (Å²) < 4.78 is 4.97. The Morgan fingerprint density at radius 2 is 1.95 bits per heavy atom. The van der Waals surface area contributed by atoms with Crippen LogP contribution in [0.4, 0.5) is 0 Å². The smallest absolute Gasteiger partial charge is 0.339 e. The highest BCUT2D eigenvalue weighted by Gasteiger charge is 2.20. The number of aromatic carboxylic acids is 1. The van der Waals surface area contributed by atoms with Crippen LogP contribution in [0.25, 0.3) is 0 Å². The van der Waals surface area contributed by atoms with E-state index in [-0.39, 0.29) is 11.5 Å². The third-order valence-electron chi connectivity index (χ3n) is 2.63. The molecule has 0 saturated carbocycles. The zero-order valence-corrected chi connectivity index (χ0v) is 11.6. The molecule has 19 heavy (non-hydrogen) atoms. The normalized spacial score (nSPS) is 10.9. The van der Waals surface area contributed by atoms with Gasteiger partial charge in [0.05, 0.1) is 7.11 Å². The van der Waals surface area contributed by atoms with Gasteiger partial charge in [0.1, 0.15) is 11.3 Å². The first kappa shape index (κ1) is 15.0. The van der Waals surface area contributed by atoms with Crippen LogP contribution in [0.2, 0.25) is 0 Å². The number of carboxylic acids is 1. The monoisotopic (exact) mass is 265 g/mol. The lowest BCUT2D eigenvalue weighted by molar-refractivity contribution is -0.128. The summed E-state index contributed by atoms with van der Waals surface area (Å²) in [6.45, 7) is 5.75. The van der Waals surface area contributed by atoms with E-state index in [1.165, 1.54) is 13.2 Å². The zero-order chi connectivity index (χ0) is 14.6. The molecule has 5 heteroatoms. The number of hydrogen-bond donors (Lipinski definition) is 2. The Hall–Kier alpha value is -2.04. The van der Waals surface area contributed by atoms with Crippen LogP contribution in [0, 0.1) is 5.41 Å². The van der Waals surface area contributed by atoms with Crippen LogP contribution in [-0.2, 0) is 11.3 Å². The number of carbonyl (C=O) groups excluding carboxylic acids is 1. The summed E-state index contributed by atoms with van der Waals surface area (Å²) in [7, 11) is 1.42. The van der Waals surface area contributed by atoms with E-state index in [9.17, 15) is 9.59 Å². The highest BCUT2D eigenvalue weighted by atomic mass is 16.5. The summed E-state index contributed by atoms with van der Waals surface area (Å²) in [5, 5.41) is 11.8. The Morgan fingerprint density at radius 1 is 1.32 bits per heavy atom. The van der Waals surface area contributed by atoms with Crippen molar-refractivity contribution in [3.05, 3.63) is 29.3 Å². The van der Waals surface area contributed by atoms with Gasteiger partial charge in [-0.1, -0.05) is 26.8 Å². The fraction of sp³-hybridized carbons (Fsp3) is 0.429. The Kier molecular flexibility index (Phi) is 4.53. The molecule has 1 amide bonds. The maximum absolute atomic E-state index is 11.7. The number of methoxy groups -OCH3 is 1. The summed E-state index contributed by atoms with van der Waals surface area (Å²) in [5.74, 6) is -0.834. The molecule has 0 aliphatic heterocycles. The molecule has 0 aliphatic carbocycles. The molecular formula is C14H19NO4. The fourth-order valence-corrected chi connectivity index (χ4v) is 1.48. The number of nitrogens with one attached hydrogen (secondary N) is 1. The van der Waals surface area contributed by atoms with Crippen LogP contribution >= 0.6 is 0 Å². The molecule has 0 heterocycles. The highest BCUT2D eigenvalue weighted by Crippen LogP contribution is 2.20. The van der Waals surface area contributed by atoms with Crippen LogP contribution in [0.3, 0.4) is 0 Å². The molecule has 0 bridgehead atoms. The van der Waals surface area contributed by atoms with E-state index in [2.05, 4.69) is 5.32 Å². The van der Waals surface area contributed by atoms with Crippen LogP contribution < -0.4 is 10.1 Å². The molecule has 0 unspecified atom stereocenters. The van der Waals surface area contributed by atoms with E-state index >= 15 is 0 Å². The zero-order valence-electron chi connectivity index (χ0n) is 11.6. The lowest BCUT2D eigenvalue weighted by Crippen LogP contribution is -2.34. The fourth-order valence-electron chi connectivity index (χ4n) is 1.48. The van der Waals surface area contributed by atoms with Gasteiger partial charge < -0.3 is 15.2 Å². The molecule has 1 rings (SSSR count). The van der Waals surface area contributed by atoms with Gasteiger partial charge >= 0.3 is 5.97 Å². The standard InChI is InChI=1S/C14H19NO4/c1-14(2,3)13(18)15-8-9-5-6-11(19-4)10(7-9)12(16)17/h5-7H,8H2,1-4H3,(H,15,18)(H,16,17). The van der Waals surface area contributed by atoms with Crippen molar-refractivity contribution in [1.29, 1.82) is 0 Å². The minimum Gasteiger partial charge on any atom is -0.496 e. The van der Waals surface area contributed by atoms with Crippen LogP contribution in [-0.4, -0.2) is 24.1 Å². The molecule has 0 atom stereocenters. The van der Waals surface area contributed by atoms with Gasteiger partial charge in [0.15, 0.2) is 0 Å².